The number of carboxylic acids is 1. The zero-order chi connectivity index (χ0) is 14.4. The molecule has 3 N–H and O–H groups in total. The zero-order valence-corrected chi connectivity index (χ0v) is 9.55. The molecule has 0 fully saturated rings. The van der Waals surface area contributed by atoms with Crippen molar-refractivity contribution in [2.24, 2.45) is 0 Å². The zero-order valence-electron chi connectivity index (χ0n) is 9.55. The highest BCUT2D eigenvalue weighted by atomic mass is 19.3. The second kappa shape index (κ2) is 6.64. The average Bonchev–Trinajstić information content (AvgIpc) is 2.35. The number of halogens is 2. The first-order valence-corrected chi connectivity index (χ1v) is 5.13. The Hall–Kier alpha value is -2.22. The summed E-state index contributed by atoms with van der Waals surface area (Å²) in [4.78, 5) is 22.2. The number of carbonyl (C=O) groups excluding carboxylic acids is 1. The highest BCUT2D eigenvalue weighted by Gasteiger charge is 2.19. The SMILES string of the molecule is O=C(N[C@@H](CO)C(=O)O)c1ccc(OC(F)F)cc1. The van der Waals surface area contributed by atoms with Crippen LogP contribution in [0.15, 0.2) is 24.3 Å². The van der Waals surface area contributed by atoms with Crippen LogP contribution in [0.25, 0.3) is 0 Å². The van der Waals surface area contributed by atoms with Crippen molar-refractivity contribution in [1.82, 2.24) is 5.32 Å². The summed E-state index contributed by atoms with van der Waals surface area (Å²) < 4.78 is 27.9. The summed E-state index contributed by atoms with van der Waals surface area (Å²) in [5, 5.41) is 19.4. The van der Waals surface area contributed by atoms with Gasteiger partial charge in [0, 0.05) is 5.56 Å². The number of aliphatic hydroxyl groups is 1. The fourth-order valence-electron chi connectivity index (χ4n) is 1.21. The minimum absolute atomic E-state index is 0.0568. The molecule has 1 amide bonds. The van der Waals surface area contributed by atoms with Crippen molar-refractivity contribution in [2.45, 2.75) is 12.7 Å². The van der Waals surface area contributed by atoms with Crippen LogP contribution in [-0.4, -0.2) is 41.3 Å². The highest BCUT2D eigenvalue weighted by molar-refractivity contribution is 5.96. The average molecular weight is 275 g/mol. The summed E-state index contributed by atoms with van der Waals surface area (Å²) in [5.41, 5.74) is 0.0568. The second-order valence-corrected chi connectivity index (χ2v) is 3.45. The number of carboxylic acid groups (broad SMARTS) is 1. The number of aliphatic hydroxyl groups excluding tert-OH is 1. The van der Waals surface area contributed by atoms with E-state index in [-0.39, 0.29) is 11.3 Å². The largest absolute Gasteiger partial charge is 0.480 e. The van der Waals surface area contributed by atoms with E-state index in [1.165, 1.54) is 12.1 Å². The Morgan fingerprint density at radius 1 is 1.26 bits per heavy atom. The first kappa shape index (κ1) is 14.8. The van der Waals surface area contributed by atoms with Gasteiger partial charge < -0.3 is 20.3 Å². The second-order valence-electron chi connectivity index (χ2n) is 3.45. The molecule has 0 aromatic heterocycles. The van der Waals surface area contributed by atoms with E-state index >= 15 is 0 Å². The van der Waals surface area contributed by atoms with Gasteiger partial charge in [0.1, 0.15) is 5.75 Å². The smallest absolute Gasteiger partial charge is 0.387 e. The monoisotopic (exact) mass is 275 g/mol. The molecule has 1 rings (SSSR count). The van der Waals surface area contributed by atoms with Gasteiger partial charge in [0.2, 0.25) is 0 Å². The van der Waals surface area contributed by atoms with Gasteiger partial charge in [0.15, 0.2) is 6.04 Å². The van der Waals surface area contributed by atoms with Gasteiger partial charge >= 0.3 is 12.6 Å². The maximum absolute atomic E-state index is 11.9. The van der Waals surface area contributed by atoms with Gasteiger partial charge in [0.05, 0.1) is 6.61 Å². The molecule has 0 radical (unpaired) electrons. The van der Waals surface area contributed by atoms with E-state index in [9.17, 15) is 18.4 Å². The van der Waals surface area contributed by atoms with Crippen molar-refractivity contribution in [3.63, 3.8) is 0 Å². The summed E-state index contributed by atoms with van der Waals surface area (Å²) in [7, 11) is 0. The Kier molecular flexibility index (Phi) is 5.19. The highest BCUT2D eigenvalue weighted by Crippen LogP contribution is 2.14. The summed E-state index contributed by atoms with van der Waals surface area (Å²) in [6.07, 6.45) is 0. The Morgan fingerprint density at radius 2 is 1.84 bits per heavy atom. The lowest BCUT2D eigenvalue weighted by molar-refractivity contribution is -0.140. The van der Waals surface area contributed by atoms with E-state index in [1.54, 1.807) is 0 Å². The lowest BCUT2D eigenvalue weighted by Gasteiger charge is -2.11. The van der Waals surface area contributed by atoms with Gasteiger partial charge in [0.25, 0.3) is 5.91 Å². The molecule has 8 heteroatoms. The van der Waals surface area contributed by atoms with Crippen LogP contribution in [0.5, 0.6) is 5.75 Å². The van der Waals surface area contributed by atoms with Crippen molar-refractivity contribution >= 4 is 11.9 Å². The third-order valence-electron chi connectivity index (χ3n) is 2.13. The van der Waals surface area contributed by atoms with Crippen molar-refractivity contribution in [1.29, 1.82) is 0 Å². The van der Waals surface area contributed by atoms with Crippen LogP contribution in [0.3, 0.4) is 0 Å². The topological polar surface area (TPSA) is 95.9 Å². The minimum Gasteiger partial charge on any atom is -0.480 e. The fraction of sp³-hybridized carbons (Fsp3) is 0.273. The molecule has 0 saturated carbocycles. The van der Waals surface area contributed by atoms with Crippen LogP contribution >= 0.6 is 0 Å². The van der Waals surface area contributed by atoms with Crippen LogP contribution in [0.1, 0.15) is 10.4 Å². The molecule has 0 aliphatic heterocycles. The number of hydrogen-bond donors (Lipinski definition) is 3. The Bertz CT molecular complexity index is 449. The first-order chi connectivity index (χ1) is 8.93. The quantitative estimate of drug-likeness (QED) is 0.701. The summed E-state index contributed by atoms with van der Waals surface area (Å²) in [6, 6.07) is 3.27. The molecule has 19 heavy (non-hydrogen) atoms. The molecule has 1 aromatic carbocycles. The Labute approximate surface area is 106 Å². The molecule has 0 bridgehead atoms. The maximum Gasteiger partial charge on any atom is 0.387 e. The number of amides is 1. The molecule has 104 valence electrons. The number of nitrogens with one attached hydrogen (secondary N) is 1. The van der Waals surface area contributed by atoms with Gasteiger partial charge in [-0.2, -0.15) is 8.78 Å². The lowest BCUT2D eigenvalue weighted by atomic mass is 10.2. The summed E-state index contributed by atoms with van der Waals surface area (Å²) >= 11 is 0. The van der Waals surface area contributed by atoms with E-state index in [0.717, 1.165) is 12.1 Å². The number of aliphatic carboxylic acids is 1. The predicted molar refractivity (Wildman–Crippen MR) is 59.0 cm³/mol. The number of benzene rings is 1. The van der Waals surface area contributed by atoms with Crippen molar-refractivity contribution in [3.05, 3.63) is 29.8 Å². The van der Waals surface area contributed by atoms with E-state index in [0.29, 0.717) is 0 Å². The van der Waals surface area contributed by atoms with Crippen LogP contribution in [0.4, 0.5) is 8.78 Å². The molecule has 0 heterocycles. The number of hydrogen-bond acceptors (Lipinski definition) is 4. The third-order valence-corrected chi connectivity index (χ3v) is 2.13. The standard InChI is InChI=1S/C11H11F2NO5/c12-11(13)19-7-3-1-6(2-4-7)9(16)14-8(5-15)10(17)18/h1-4,8,11,15H,5H2,(H,14,16)(H,17,18)/t8-/m0/s1. The van der Waals surface area contributed by atoms with Crippen LogP contribution in [0.2, 0.25) is 0 Å². The predicted octanol–water partition coefficient (Wildman–Crippen LogP) is 0.463. The van der Waals surface area contributed by atoms with Crippen LogP contribution in [0, 0.1) is 0 Å². The molecule has 0 aliphatic rings. The normalized spacial score (nSPS) is 12.0. The molecule has 0 spiro atoms. The van der Waals surface area contributed by atoms with E-state index in [2.05, 4.69) is 10.1 Å². The van der Waals surface area contributed by atoms with Crippen molar-refractivity contribution in [2.75, 3.05) is 6.61 Å². The lowest BCUT2D eigenvalue weighted by Crippen LogP contribution is -2.43. The molecule has 1 aromatic rings. The molecule has 1 atom stereocenters. The van der Waals surface area contributed by atoms with E-state index in [1.807, 2.05) is 0 Å². The number of ether oxygens (including phenoxy) is 1. The Balaban J connectivity index is 2.70. The Morgan fingerprint density at radius 3 is 2.26 bits per heavy atom. The van der Waals surface area contributed by atoms with Gasteiger partial charge in [-0.25, -0.2) is 4.79 Å². The molecule has 0 saturated heterocycles. The molecular formula is C11H11F2NO5. The molecule has 6 nitrogen and oxygen atoms in total. The van der Waals surface area contributed by atoms with Gasteiger partial charge in [-0.3, -0.25) is 4.79 Å². The number of rotatable bonds is 6. The molecule has 0 unspecified atom stereocenters. The third kappa shape index (κ3) is 4.51. The van der Waals surface area contributed by atoms with Gasteiger partial charge in [-0.15, -0.1) is 0 Å². The maximum atomic E-state index is 11.9. The number of carbonyl (C=O) groups is 2. The first-order valence-electron chi connectivity index (χ1n) is 5.13. The summed E-state index contributed by atoms with van der Waals surface area (Å²) in [6.45, 7) is -3.72. The van der Waals surface area contributed by atoms with Crippen LogP contribution < -0.4 is 10.1 Å². The molecular weight excluding hydrogens is 264 g/mol. The van der Waals surface area contributed by atoms with Crippen LogP contribution in [-0.2, 0) is 4.79 Å². The van der Waals surface area contributed by atoms with Gasteiger partial charge in [-0.1, -0.05) is 0 Å². The van der Waals surface area contributed by atoms with Crippen molar-refractivity contribution in [3.8, 4) is 5.75 Å². The minimum atomic E-state index is -2.97. The fourth-order valence-corrected chi connectivity index (χ4v) is 1.21. The molecule has 0 aliphatic carbocycles. The van der Waals surface area contributed by atoms with Gasteiger partial charge in [-0.05, 0) is 24.3 Å². The van der Waals surface area contributed by atoms with Crippen molar-refractivity contribution < 1.29 is 33.3 Å². The van der Waals surface area contributed by atoms with E-state index in [4.69, 9.17) is 10.2 Å². The van der Waals surface area contributed by atoms with E-state index < -0.39 is 31.1 Å². The number of alkyl halides is 2. The summed E-state index contributed by atoms with van der Waals surface area (Å²) in [5.74, 6) is -2.25.